The lowest BCUT2D eigenvalue weighted by Gasteiger charge is -2.12. The molecule has 0 fully saturated rings. The lowest BCUT2D eigenvalue weighted by molar-refractivity contribution is 0.637. The van der Waals surface area contributed by atoms with Gasteiger partial charge in [-0.3, -0.25) is 0 Å². The molecule has 1 unspecified atom stereocenters. The van der Waals surface area contributed by atoms with Crippen molar-refractivity contribution in [3.05, 3.63) is 22.3 Å². The van der Waals surface area contributed by atoms with Gasteiger partial charge >= 0.3 is 0 Å². The van der Waals surface area contributed by atoms with Crippen molar-refractivity contribution in [3.8, 4) is 6.07 Å². The van der Waals surface area contributed by atoms with Gasteiger partial charge in [0.05, 0.1) is 5.56 Å². The summed E-state index contributed by atoms with van der Waals surface area (Å²) >= 11 is 3.28. The van der Waals surface area contributed by atoms with E-state index >= 15 is 0 Å². The van der Waals surface area contributed by atoms with Gasteiger partial charge in [0.1, 0.15) is 11.9 Å². The Balaban J connectivity index is 2.73. The Morgan fingerprint density at radius 1 is 1.67 bits per heavy atom. The van der Waals surface area contributed by atoms with Gasteiger partial charge in [-0.2, -0.15) is 5.26 Å². The summed E-state index contributed by atoms with van der Waals surface area (Å²) < 4.78 is 0.811. The van der Waals surface area contributed by atoms with E-state index in [1.807, 2.05) is 7.05 Å². The monoisotopic (exact) mass is 268 g/mol. The molecule has 1 aromatic rings. The number of nitriles is 1. The molecule has 0 saturated carbocycles. The van der Waals surface area contributed by atoms with E-state index in [-0.39, 0.29) is 0 Å². The van der Waals surface area contributed by atoms with Crippen LogP contribution >= 0.6 is 15.9 Å². The largest absolute Gasteiger partial charge is 0.367 e. The molecule has 0 saturated heterocycles. The number of rotatable bonds is 4. The number of hydrogen-bond acceptors (Lipinski definition) is 4. The highest BCUT2D eigenvalue weighted by atomic mass is 79.9. The first-order chi connectivity index (χ1) is 7.17. The van der Waals surface area contributed by atoms with E-state index in [0.717, 1.165) is 11.0 Å². The fourth-order valence-corrected chi connectivity index (χ4v) is 1.35. The second-order valence-electron chi connectivity index (χ2n) is 3.23. The van der Waals surface area contributed by atoms with Gasteiger partial charge in [-0.1, -0.05) is 0 Å². The fraction of sp³-hybridized carbons (Fsp3) is 0.400. The zero-order valence-electron chi connectivity index (χ0n) is 8.71. The summed E-state index contributed by atoms with van der Waals surface area (Å²) in [7, 11) is 1.90. The summed E-state index contributed by atoms with van der Waals surface area (Å²) in [6.45, 7) is 2.79. The molecule has 1 heterocycles. The molecule has 0 aliphatic heterocycles. The van der Waals surface area contributed by atoms with Crippen molar-refractivity contribution >= 4 is 21.7 Å². The minimum Gasteiger partial charge on any atom is -0.367 e. The van der Waals surface area contributed by atoms with Gasteiger partial charge in [0, 0.05) is 23.3 Å². The van der Waals surface area contributed by atoms with Crippen molar-refractivity contribution in [1.82, 2.24) is 10.3 Å². The highest BCUT2D eigenvalue weighted by Gasteiger charge is 2.05. The summed E-state index contributed by atoms with van der Waals surface area (Å²) in [6.07, 6.45) is 1.67. The second-order valence-corrected chi connectivity index (χ2v) is 4.15. The Labute approximate surface area is 97.8 Å². The third kappa shape index (κ3) is 3.50. The molecule has 2 N–H and O–H groups in total. The minimum absolute atomic E-state index is 0.335. The molecular formula is C10H13BrN4. The number of nitrogens with one attached hydrogen (secondary N) is 2. The molecule has 0 aromatic carbocycles. The summed E-state index contributed by atoms with van der Waals surface area (Å²) in [5.41, 5.74) is 0.549. The maximum atomic E-state index is 8.90. The molecule has 1 rings (SSSR count). The first kappa shape index (κ1) is 12.0. The highest BCUT2D eigenvalue weighted by molar-refractivity contribution is 9.10. The number of aromatic nitrogens is 1. The van der Waals surface area contributed by atoms with Gasteiger partial charge in [-0.15, -0.1) is 0 Å². The van der Waals surface area contributed by atoms with Crippen molar-refractivity contribution in [1.29, 1.82) is 5.26 Å². The maximum Gasteiger partial charge on any atom is 0.144 e. The van der Waals surface area contributed by atoms with Crippen LogP contribution in [-0.4, -0.2) is 24.6 Å². The topological polar surface area (TPSA) is 60.7 Å². The predicted octanol–water partition coefficient (Wildman–Crippen LogP) is 1.74. The number of halogens is 1. The molecule has 0 aliphatic rings. The molecule has 0 aliphatic carbocycles. The number of hydrogen-bond donors (Lipinski definition) is 2. The number of nitrogens with zero attached hydrogens (tertiary/aromatic N) is 2. The van der Waals surface area contributed by atoms with Crippen LogP contribution in [0.3, 0.4) is 0 Å². The summed E-state index contributed by atoms with van der Waals surface area (Å²) in [4.78, 5) is 4.15. The Morgan fingerprint density at radius 3 is 3.00 bits per heavy atom. The fourth-order valence-electron chi connectivity index (χ4n) is 1.02. The van der Waals surface area contributed by atoms with E-state index in [1.54, 1.807) is 12.3 Å². The first-order valence-electron chi connectivity index (χ1n) is 4.64. The maximum absolute atomic E-state index is 8.90. The van der Waals surface area contributed by atoms with Crippen LogP contribution in [0.2, 0.25) is 0 Å². The van der Waals surface area contributed by atoms with Gasteiger partial charge in [-0.05, 0) is 36.0 Å². The smallest absolute Gasteiger partial charge is 0.144 e. The zero-order valence-corrected chi connectivity index (χ0v) is 10.3. The van der Waals surface area contributed by atoms with Crippen LogP contribution in [0.5, 0.6) is 0 Å². The summed E-state index contributed by atoms with van der Waals surface area (Å²) in [6, 6.07) is 4.19. The molecule has 1 aromatic heterocycles. The van der Waals surface area contributed by atoms with Crippen LogP contribution in [-0.2, 0) is 0 Å². The SMILES string of the molecule is CNC(C)CNc1ncc(Br)cc1C#N. The Morgan fingerprint density at radius 2 is 2.40 bits per heavy atom. The molecule has 1 atom stereocenters. The van der Waals surface area contributed by atoms with Crippen molar-refractivity contribution in [2.75, 3.05) is 18.9 Å². The van der Waals surface area contributed by atoms with Gasteiger partial charge in [0.25, 0.3) is 0 Å². The molecule has 4 nitrogen and oxygen atoms in total. The lowest BCUT2D eigenvalue weighted by atomic mass is 10.2. The van der Waals surface area contributed by atoms with E-state index in [9.17, 15) is 0 Å². The Bertz CT molecular complexity index is 372. The number of likely N-dealkylation sites (N-methyl/N-ethyl adjacent to an activating group) is 1. The Kier molecular flexibility index (Phi) is 4.53. The van der Waals surface area contributed by atoms with Crippen molar-refractivity contribution in [3.63, 3.8) is 0 Å². The van der Waals surface area contributed by atoms with Crippen LogP contribution < -0.4 is 10.6 Å². The van der Waals surface area contributed by atoms with Gasteiger partial charge < -0.3 is 10.6 Å². The number of anilines is 1. The standard InChI is InChI=1S/C10H13BrN4/c1-7(13-2)5-14-10-8(4-12)3-9(11)6-15-10/h3,6-7,13H,5H2,1-2H3,(H,14,15). The van der Waals surface area contributed by atoms with Crippen LogP contribution in [0.25, 0.3) is 0 Å². The molecule has 0 bridgehead atoms. The molecule has 15 heavy (non-hydrogen) atoms. The third-order valence-corrected chi connectivity index (χ3v) is 2.48. The quantitative estimate of drug-likeness (QED) is 0.874. The van der Waals surface area contributed by atoms with Crippen molar-refractivity contribution in [2.24, 2.45) is 0 Å². The van der Waals surface area contributed by atoms with E-state index in [4.69, 9.17) is 5.26 Å². The Hall–Kier alpha value is -1.12. The highest BCUT2D eigenvalue weighted by Crippen LogP contribution is 2.16. The lowest BCUT2D eigenvalue weighted by Crippen LogP contribution is -2.29. The van der Waals surface area contributed by atoms with Crippen molar-refractivity contribution in [2.45, 2.75) is 13.0 Å². The zero-order chi connectivity index (χ0) is 11.3. The van der Waals surface area contributed by atoms with E-state index in [1.165, 1.54) is 0 Å². The predicted molar refractivity (Wildman–Crippen MR) is 63.7 cm³/mol. The average molecular weight is 269 g/mol. The van der Waals surface area contributed by atoms with Crippen LogP contribution in [0.4, 0.5) is 5.82 Å². The number of pyridine rings is 1. The normalized spacial score (nSPS) is 11.9. The van der Waals surface area contributed by atoms with Gasteiger partial charge in [0.2, 0.25) is 0 Å². The van der Waals surface area contributed by atoms with Gasteiger partial charge in [-0.25, -0.2) is 4.98 Å². The third-order valence-electron chi connectivity index (χ3n) is 2.04. The summed E-state index contributed by atoms with van der Waals surface area (Å²) in [5.74, 6) is 0.628. The van der Waals surface area contributed by atoms with E-state index < -0.39 is 0 Å². The first-order valence-corrected chi connectivity index (χ1v) is 5.43. The van der Waals surface area contributed by atoms with Crippen molar-refractivity contribution < 1.29 is 0 Å². The minimum atomic E-state index is 0.335. The molecule has 80 valence electrons. The molecule has 0 radical (unpaired) electrons. The van der Waals surface area contributed by atoms with E-state index in [0.29, 0.717) is 17.4 Å². The summed E-state index contributed by atoms with van der Waals surface area (Å²) in [5, 5.41) is 15.1. The second kappa shape index (κ2) is 5.69. The van der Waals surface area contributed by atoms with Gasteiger partial charge in [0.15, 0.2) is 0 Å². The molecular weight excluding hydrogens is 256 g/mol. The van der Waals surface area contributed by atoms with E-state index in [2.05, 4.69) is 44.5 Å². The van der Waals surface area contributed by atoms with Crippen LogP contribution in [0, 0.1) is 11.3 Å². The van der Waals surface area contributed by atoms with Crippen LogP contribution in [0.1, 0.15) is 12.5 Å². The average Bonchev–Trinajstić information content (AvgIpc) is 2.26. The molecule has 0 spiro atoms. The molecule has 5 heteroatoms. The molecule has 0 amide bonds. The van der Waals surface area contributed by atoms with Crippen LogP contribution in [0.15, 0.2) is 16.7 Å².